The number of anilines is 1. The van der Waals surface area contributed by atoms with Crippen LogP contribution in [0.25, 0.3) is 11.6 Å². The number of aliphatic hydroxyl groups is 1. The smallest absolute Gasteiger partial charge is 0.360 e. The molecule has 14 heteroatoms. The summed E-state index contributed by atoms with van der Waals surface area (Å²) in [6.07, 6.45) is -1.24. The fourth-order valence-corrected chi connectivity index (χ4v) is 6.64. The predicted octanol–water partition coefficient (Wildman–Crippen LogP) is 3.60. The number of esters is 1. The van der Waals surface area contributed by atoms with Crippen molar-refractivity contribution in [2.24, 2.45) is 11.8 Å². The molecule has 250 valence electrons. The van der Waals surface area contributed by atoms with Gasteiger partial charge < -0.3 is 39.4 Å². The van der Waals surface area contributed by atoms with E-state index in [1.807, 2.05) is 38.1 Å². The molecule has 2 amide bonds. The molecule has 7 rings (SSSR count). The van der Waals surface area contributed by atoms with Crippen molar-refractivity contribution in [2.45, 2.75) is 63.9 Å². The monoisotopic (exact) mass is 659 g/mol. The van der Waals surface area contributed by atoms with Crippen molar-refractivity contribution in [3.05, 3.63) is 82.5 Å². The number of aliphatic hydroxyl groups excluding tert-OH is 1. The highest BCUT2D eigenvalue weighted by atomic mass is 19.1. The van der Waals surface area contributed by atoms with Crippen LogP contribution in [0.15, 0.2) is 51.5 Å². The van der Waals surface area contributed by atoms with Crippen molar-refractivity contribution < 1.29 is 42.2 Å². The van der Waals surface area contributed by atoms with Gasteiger partial charge in [0, 0.05) is 17.7 Å². The zero-order valence-electron chi connectivity index (χ0n) is 26.8. The molecule has 0 saturated carbocycles. The fourth-order valence-electron chi connectivity index (χ4n) is 6.64. The second kappa shape index (κ2) is 11.5. The maximum atomic E-state index is 16.1. The van der Waals surface area contributed by atoms with Gasteiger partial charge in [-0.2, -0.15) is 0 Å². The molecule has 2 aromatic heterocycles. The second-order valence-electron chi connectivity index (χ2n) is 12.9. The minimum Gasteiger partial charge on any atom is -0.465 e. The first-order chi connectivity index (χ1) is 22.9. The zero-order chi connectivity index (χ0) is 34.1. The first-order valence-electron chi connectivity index (χ1n) is 15.6. The van der Waals surface area contributed by atoms with Crippen molar-refractivity contribution >= 4 is 23.5 Å². The number of para-hydroxylation sites is 1. The molecule has 4 N–H and O–H groups in total. The summed E-state index contributed by atoms with van der Waals surface area (Å²) in [5.74, 6) is -3.27. The number of fused-ring (bicyclic) bond motifs is 4. The third-order valence-corrected chi connectivity index (χ3v) is 9.10. The Hall–Kier alpha value is -5.24. The Morgan fingerprint density at radius 2 is 1.90 bits per heavy atom. The third kappa shape index (κ3) is 4.73. The van der Waals surface area contributed by atoms with Gasteiger partial charge in [-0.3, -0.25) is 9.59 Å². The Bertz CT molecular complexity index is 1950. The summed E-state index contributed by atoms with van der Waals surface area (Å²) in [7, 11) is 1.22. The van der Waals surface area contributed by atoms with Crippen molar-refractivity contribution in [3.63, 3.8) is 0 Å². The lowest BCUT2D eigenvalue weighted by Crippen LogP contribution is -2.52. The quantitative estimate of drug-likeness (QED) is 0.222. The van der Waals surface area contributed by atoms with Crippen molar-refractivity contribution in [1.29, 1.82) is 0 Å². The summed E-state index contributed by atoms with van der Waals surface area (Å²) >= 11 is 0. The Morgan fingerprint density at radius 3 is 2.62 bits per heavy atom. The van der Waals surface area contributed by atoms with E-state index in [4.69, 9.17) is 23.3 Å². The molecule has 5 heterocycles. The number of carbonyl (C=O) groups excluding carboxylic acids is 3. The number of hydrogen-bond donors (Lipinski definition) is 4. The highest BCUT2D eigenvalue weighted by molar-refractivity contribution is 5.90. The van der Waals surface area contributed by atoms with Crippen LogP contribution < -0.4 is 20.7 Å². The number of nitrogens with zero attached hydrogens (tertiary/aromatic N) is 2. The minimum atomic E-state index is -1.37. The number of benzene rings is 2. The molecule has 0 aliphatic carbocycles. The number of halogens is 1. The maximum Gasteiger partial charge on any atom is 0.360 e. The van der Waals surface area contributed by atoms with Gasteiger partial charge in [-0.15, -0.1) is 0 Å². The summed E-state index contributed by atoms with van der Waals surface area (Å²) in [4.78, 5) is 48.5. The molecule has 0 fully saturated rings. The van der Waals surface area contributed by atoms with Gasteiger partial charge >= 0.3 is 5.97 Å². The number of carbonyl (C=O) groups is 3. The number of oxazole rings is 2. The Morgan fingerprint density at radius 1 is 1.12 bits per heavy atom. The van der Waals surface area contributed by atoms with Gasteiger partial charge in [0.25, 0.3) is 0 Å². The molecule has 3 aliphatic heterocycles. The van der Waals surface area contributed by atoms with Crippen LogP contribution >= 0.6 is 0 Å². The van der Waals surface area contributed by atoms with Crippen molar-refractivity contribution in [1.82, 2.24) is 20.6 Å². The topological polar surface area (TPSA) is 178 Å². The summed E-state index contributed by atoms with van der Waals surface area (Å²) in [5.41, 5.74) is 0.826. The molecule has 0 saturated heterocycles. The molecule has 3 aliphatic rings. The van der Waals surface area contributed by atoms with Crippen LogP contribution in [0.5, 0.6) is 5.75 Å². The van der Waals surface area contributed by atoms with E-state index < -0.39 is 59.3 Å². The average Bonchev–Trinajstić information content (AvgIpc) is 3.83. The van der Waals surface area contributed by atoms with Gasteiger partial charge in [0.05, 0.1) is 7.11 Å². The van der Waals surface area contributed by atoms with E-state index in [9.17, 15) is 19.5 Å². The highest BCUT2D eigenvalue weighted by Crippen LogP contribution is 2.59. The first kappa shape index (κ1) is 31.4. The highest BCUT2D eigenvalue weighted by Gasteiger charge is 2.62. The third-order valence-electron chi connectivity index (χ3n) is 9.10. The summed E-state index contributed by atoms with van der Waals surface area (Å²) in [6.45, 7) is 7.08. The first-order valence-corrected chi connectivity index (χ1v) is 15.6. The molecule has 4 bridgehead atoms. The average molecular weight is 660 g/mol. The van der Waals surface area contributed by atoms with Crippen LogP contribution in [-0.2, 0) is 26.2 Å². The van der Waals surface area contributed by atoms with Crippen LogP contribution in [-0.4, -0.2) is 58.3 Å². The van der Waals surface area contributed by atoms with E-state index in [0.717, 1.165) is 6.26 Å². The van der Waals surface area contributed by atoms with Crippen molar-refractivity contribution in [2.75, 3.05) is 12.4 Å². The number of rotatable bonds is 6. The van der Waals surface area contributed by atoms with E-state index in [0.29, 0.717) is 22.4 Å². The molecule has 2 aromatic carbocycles. The largest absolute Gasteiger partial charge is 0.465 e. The van der Waals surface area contributed by atoms with Gasteiger partial charge in [-0.05, 0) is 35.1 Å². The summed E-state index contributed by atoms with van der Waals surface area (Å²) < 4.78 is 39.7. The molecule has 5 atom stereocenters. The SMILES string of the molecule is COC(=O)c1coc(-c2nc3oc2C24c5ccccc5N[C@@H]2Oc2c(F)cc(cc24)C[C@H](NC(=O)[C@@H](O)C(C)C)C(=O)N[C@H]3C(C)C)n1. The lowest BCUT2D eigenvalue weighted by Gasteiger charge is -2.29. The molecular weight excluding hydrogens is 625 g/mol. The Kier molecular flexibility index (Phi) is 7.50. The van der Waals surface area contributed by atoms with Crippen LogP contribution in [0.3, 0.4) is 0 Å². The zero-order valence-corrected chi connectivity index (χ0v) is 26.8. The van der Waals surface area contributed by atoms with Crippen LogP contribution in [0.2, 0.25) is 0 Å². The molecular formula is C34H34FN5O8. The number of methoxy groups -OCH3 is 1. The molecule has 1 unspecified atom stereocenters. The standard InChI is InChI=1S/C34H34FN5O8/c1-14(2)23-31-40-24(30-37-22(13-46-30)32(44)45-5)27(48-31)34-17-8-6-7-9-20(17)38-33(34)47-26-18(34)10-16(11-19(26)35)12-21(28(42)39-23)36-29(43)25(41)15(3)4/h6-11,13-15,21,23,25,33,38,41H,12H2,1-5H3,(H,36,43)(H,39,42)/t21-,23-,25-,33+,34?/m0/s1. The molecule has 1 spiro atoms. The molecule has 4 aromatic rings. The van der Waals surface area contributed by atoms with Gasteiger partial charge in [0.15, 0.2) is 34.9 Å². The molecule has 0 radical (unpaired) electrons. The molecule has 13 nitrogen and oxygen atoms in total. The van der Waals surface area contributed by atoms with Gasteiger partial charge in [0.1, 0.15) is 29.9 Å². The van der Waals surface area contributed by atoms with Crippen LogP contribution in [0.4, 0.5) is 10.1 Å². The van der Waals surface area contributed by atoms with Gasteiger partial charge in [0.2, 0.25) is 23.6 Å². The van der Waals surface area contributed by atoms with E-state index in [-0.39, 0.29) is 47.0 Å². The van der Waals surface area contributed by atoms with Crippen LogP contribution in [0, 0.1) is 17.7 Å². The van der Waals surface area contributed by atoms with Crippen LogP contribution in [0.1, 0.15) is 72.6 Å². The number of hydrogen-bond acceptors (Lipinski definition) is 11. The lowest BCUT2D eigenvalue weighted by molar-refractivity contribution is -0.135. The van der Waals surface area contributed by atoms with E-state index in [1.54, 1.807) is 19.9 Å². The number of aromatic nitrogens is 2. The Labute approximate surface area is 274 Å². The number of ether oxygens (including phenoxy) is 2. The summed E-state index contributed by atoms with van der Waals surface area (Å²) in [5, 5.41) is 19.4. The normalized spacial score (nSPS) is 22.9. The van der Waals surface area contributed by atoms with E-state index >= 15 is 4.39 Å². The predicted molar refractivity (Wildman–Crippen MR) is 166 cm³/mol. The van der Waals surface area contributed by atoms with E-state index in [2.05, 4.69) is 20.9 Å². The maximum absolute atomic E-state index is 16.1. The van der Waals surface area contributed by atoms with Gasteiger partial charge in [-0.25, -0.2) is 19.2 Å². The number of nitrogens with one attached hydrogen (secondary N) is 3. The van der Waals surface area contributed by atoms with Crippen molar-refractivity contribution in [3.8, 4) is 17.3 Å². The Balaban J connectivity index is 1.50. The fraction of sp³-hybridized carbons (Fsp3) is 0.382. The van der Waals surface area contributed by atoms with E-state index in [1.165, 1.54) is 13.2 Å². The van der Waals surface area contributed by atoms with Gasteiger partial charge in [-0.1, -0.05) is 52.0 Å². The second-order valence-corrected chi connectivity index (χ2v) is 12.9. The number of amides is 2. The minimum absolute atomic E-state index is 0.0324. The summed E-state index contributed by atoms with van der Waals surface area (Å²) in [6, 6.07) is 8.38. The molecule has 48 heavy (non-hydrogen) atoms. The lowest BCUT2D eigenvalue weighted by atomic mass is 9.72.